The lowest BCUT2D eigenvalue weighted by atomic mass is 9.63. The Labute approximate surface area is 107 Å². The van der Waals surface area contributed by atoms with Gasteiger partial charge < -0.3 is 5.32 Å². The SMILES string of the molecule is CC(C)NC1CCC2(CC1C)CN(C(C)C)C2. The van der Waals surface area contributed by atoms with Crippen LogP contribution in [0.2, 0.25) is 0 Å². The van der Waals surface area contributed by atoms with Crippen LogP contribution < -0.4 is 5.32 Å². The first-order valence-corrected chi connectivity index (χ1v) is 7.42. The van der Waals surface area contributed by atoms with Crippen LogP contribution in [0.1, 0.15) is 53.9 Å². The lowest BCUT2D eigenvalue weighted by Gasteiger charge is -2.57. The predicted molar refractivity (Wildman–Crippen MR) is 74.2 cm³/mol. The minimum absolute atomic E-state index is 0.630. The first kappa shape index (κ1) is 13.4. The summed E-state index contributed by atoms with van der Waals surface area (Å²) in [7, 11) is 0. The van der Waals surface area contributed by atoms with E-state index in [1.54, 1.807) is 0 Å². The first-order chi connectivity index (χ1) is 7.92. The molecule has 0 bridgehead atoms. The predicted octanol–water partition coefficient (Wildman–Crippen LogP) is 2.88. The zero-order valence-corrected chi connectivity index (χ0v) is 12.3. The van der Waals surface area contributed by atoms with Gasteiger partial charge in [0.15, 0.2) is 0 Å². The van der Waals surface area contributed by atoms with Crippen LogP contribution in [-0.4, -0.2) is 36.1 Å². The fraction of sp³-hybridized carbons (Fsp3) is 1.00. The van der Waals surface area contributed by atoms with Gasteiger partial charge in [-0.3, -0.25) is 4.90 Å². The number of likely N-dealkylation sites (tertiary alicyclic amines) is 1. The molecule has 0 aromatic rings. The summed E-state index contributed by atoms with van der Waals surface area (Å²) in [5.74, 6) is 0.848. The number of nitrogens with zero attached hydrogens (tertiary/aromatic N) is 1. The monoisotopic (exact) mass is 238 g/mol. The van der Waals surface area contributed by atoms with Gasteiger partial charge in [0.25, 0.3) is 0 Å². The minimum Gasteiger partial charge on any atom is -0.312 e. The third-order valence-corrected chi connectivity index (χ3v) is 4.78. The second-order valence-electron chi connectivity index (χ2n) is 7.15. The van der Waals surface area contributed by atoms with Crippen LogP contribution in [0.5, 0.6) is 0 Å². The number of hydrogen-bond donors (Lipinski definition) is 1. The Morgan fingerprint density at radius 3 is 2.29 bits per heavy atom. The largest absolute Gasteiger partial charge is 0.312 e. The van der Waals surface area contributed by atoms with Crippen LogP contribution >= 0.6 is 0 Å². The van der Waals surface area contributed by atoms with Crippen molar-refractivity contribution in [1.82, 2.24) is 10.2 Å². The average molecular weight is 238 g/mol. The first-order valence-electron chi connectivity index (χ1n) is 7.42. The summed E-state index contributed by atoms with van der Waals surface area (Å²) >= 11 is 0. The molecule has 1 heterocycles. The van der Waals surface area contributed by atoms with Crippen molar-refractivity contribution in [1.29, 1.82) is 0 Å². The molecule has 2 fully saturated rings. The van der Waals surface area contributed by atoms with Gasteiger partial charge in [-0.1, -0.05) is 20.8 Å². The Bertz CT molecular complexity index is 254. The maximum atomic E-state index is 3.74. The molecular weight excluding hydrogens is 208 g/mol. The summed E-state index contributed by atoms with van der Waals surface area (Å²) in [5.41, 5.74) is 0.679. The van der Waals surface area contributed by atoms with Crippen molar-refractivity contribution < 1.29 is 0 Å². The molecule has 2 unspecified atom stereocenters. The van der Waals surface area contributed by atoms with E-state index in [4.69, 9.17) is 0 Å². The van der Waals surface area contributed by atoms with Gasteiger partial charge in [-0.15, -0.1) is 0 Å². The number of hydrogen-bond acceptors (Lipinski definition) is 2. The second-order valence-corrected chi connectivity index (χ2v) is 7.15. The molecule has 100 valence electrons. The molecule has 2 atom stereocenters. The van der Waals surface area contributed by atoms with Crippen molar-refractivity contribution in [2.24, 2.45) is 11.3 Å². The van der Waals surface area contributed by atoms with E-state index in [2.05, 4.69) is 44.8 Å². The molecule has 17 heavy (non-hydrogen) atoms. The van der Waals surface area contributed by atoms with Gasteiger partial charge >= 0.3 is 0 Å². The molecule has 1 saturated carbocycles. The number of nitrogens with one attached hydrogen (secondary N) is 1. The molecule has 1 aliphatic carbocycles. The lowest BCUT2D eigenvalue weighted by molar-refractivity contribution is -0.0654. The third-order valence-electron chi connectivity index (χ3n) is 4.78. The van der Waals surface area contributed by atoms with Gasteiger partial charge in [-0.25, -0.2) is 0 Å². The van der Waals surface area contributed by atoms with Crippen molar-refractivity contribution in [3.63, 3.8) is 0 Å². The molecular formula is C15H30N2. The van der Waals surface area contributed by atoms with E-state index < -0.39 is 0 Å². The van der Waals surface area contributed by atoms with E-state index in [0.29, 0.717) is 11.5 Å². The Balaban J connectivity index is 1.84. The van der Waals surface area contributed by atoms with Crippen molar-refractivity contribution in [3.8, 4) is 0 Å². The van der Waals surface area contributed by atoms with Crippen molar-refractivity contribution in [2.45, 2.75) is 72.0 Å². The summed E-state index contributed by atoms with van der Waals surface area (Å²) in [6, 6.07) is 2.13. The molecule has 0 aromatic heterocycles. The topological polar surface area (TPSA) is 15.3 Å². The Hall–Kier alpha value is -0.0800. The van der Waals surface area contributed by atoms with Crippen LogP contribution in [0.3, 0.4) is 0 Å². The van der Waals surface area contributed by atoms with Gasteiger partial charge in [0.2, 0.25) is 0 Å². The fourth-order valence-corrected chi connectivity index (χ4v) is 3.82. The van der Waals surface area contributed by atoms with Crippen molar-refractivity contribution >= 4 is 0 Å². The van der Waals surface area contributed by atoms with Gasteiger partial charge in [0, 0.05) is 31.2 Å². The normalized spacial score (nSPS) is 33.4. The zero-order valence-electron chi connectivity index (χ0n) is 12.3. The van der Waals surface area contributed by atoms with Gasteiger partial charge in [-0.2, -0.15) is 0 Å². The molecule has 2 aliphatic rings. The highest BCUT2D eigenvalue weighted by Crippen LogP contribution is 2.46. The van der Waals surface area contributed by atoms with E-state index in [9.17, 15) is 0 Å². The van der Waals surface area contributed by atoms with Crippen molar-refractivity contribution in [3.05, 3.63) is 0 Å². The molecule has 0 aromatic carbocycles. The molecule has 1 aliphatic heterocycles. The van der Waals surface area contributed by atoms with Crippen LogP contribution in [0.4, 0.5) is 0 Å². The molecule has 0 amide bonds. The van der Waals surface area contributed by atoms with Crippen LogP contribution in [0.25, 0.3) is 0 Å². The van der Waals surface area contributed by atoms with Gasteiger partial charge in [0.1, 0.15) is 0 Å². The van der Waals surface area contributed by atoms with Crippen LogP contribution in [0, 0.1) is 11.3 Å². The molecule has 1 spiro atoms. The second kappa shape index (κ2) is 4.89. The highest BCUT2D eigenvalue weighted by Gasteiger charge is 2.47. The smallest absolute Gasteiger partial charge is 0.00954 e. The summed E-state index contributed by atoms with van der Waals surface area (Å²) < 4.78 is 0. The third kappa shape index (κ3) is 2.85. The van der Waals surface area contributed by atoms with Gasteiger partial charge in [0.05, 0.1) is 0 Å². The summed E-state index contributed by atoms with van der Waals surface area (Å²) in [6.45, 7) is 14.3. The Morgan fingerprint density at radius 1 is 1.18 bits per heavy atom. The highest BCUT2D eigenvalue weighted by molar-refractivity contribution is 5.01. The van der Waals surface area contributed by atoms with Crippen LogP contribution in [-0.2, 0) is 0 Å². The highest BCUT2D eigenvalue weighted by atomic mass is 15.2. The average Bonchev–Trinajstić information content (AvgIpc) is 2.16. The minimum atomic E-state index is 0.630. The Morgan fingerprint density at radius 2 is 1.82 bits per heavy atom. The van der Waals surface area contributed by atoms with Crippen molar-refractivity contribution in [2.75, 3.05) is 13.1 Å². The summed E-state index contributed by atoms with van der Waals surface area (Å²) in [4.78, 5) is 2.63. The van der Waals surface area contributed by atoms with E-state index >= 15 is 0 Å². The van der Waals surface area contributed by atoms with E-state index in [-0.39, 0.29) is 0 Å². The van der Waals surface area contributed by atoms with Gasteiger partial charge in [-0.05, 0) is 44.4 Å². The van der Waals surface area contributed by atoms with Crippen LogP contribution in [0.15, 0.2) is 0 Å². The maximum absolute atomic E-state index is 3.74. The van der Waals surface area contributed by atoms with E-state index in [1.807, 2.05) is 0 Å². The van der Waals surface area contributed by atoms with E-state index in [1.165, 1.54) is 32.4 Å². The molecule has 2 heteroatoms. The zero-order chi connectivity index (χ0) is 12.6. The number of rotatable bonds is 3. The molecule has 2 nitrogen and oxygen atoms in total. The quantitative estimate of drug-likeness (QED) is 0.813. The molecule has 0 radical (unpaired) electrons. The molecule has 1 saturated heterocycles. The fourth-order valence-electron chi connectivity index (χ4n) is 3.82. The molecule has 1 N–H and O–H groups in total. The molecule has 2 rings (SSSR count). The summed E-state index contributed by atoms with van der Waals surface area (Å²) in [6.07, 6.45) is 4.25. The van der Waals surface area contributed by atoms with E-state index in [0.717, 1.165) is 18.0 Å². The summed E-state index contributed by atoms with van der Waals surface area (Å²) in [5, 5.41) is 3.74. The lowest BCUT2D eigenvalue weighted by Crippen LogP contribution is -2.62. The Kier molecular flexibility index (Phi) is 3.84. The maximum Gasteiger partial charge on any atom is 0.00954 e. The standard InChI is InChI=1S/C15H30N2/c1-11(2)16-14-6-7-15(8-13(14)5)9-17(10-15)12(3)4/h11-14,16H,6-10H2,1-5H3.